The van der Waals surface area contributed by atoms with Gasteiger partial charge in [0.05, 0.1) is 12.8 Å². The lowest BCUT2D eigenvalue weighted by atomic mass is 10.2. The predicted octanol–water partition coefficient (Wildman–Crippen LogP) is 0.761. The summed E-state index contributed by atoms with van der Waals surface area (Å²) in [5.74, 6) is -1.51. The highest BCUT2D eigenvalue weighted by Crippen LogP contribution is 2.11. The number of methoxy groups -OCH3 is 1. The number of carboxylic acid groups (broad SMARTS) is 1. The van der Waals surface area contributed by atoms with E-state index in [2.05, 4.69) is 15.6 Å². The summed E-state index contributed by atoms with van der Waals surface area (Å²) in [5, 5.41) is 18.4. The third-order valence-corrected chi connectivity index (χ3v) is 2.59. The Kier molecular flexibility index (Phi) is 4.62. The number of amides is 1. The van der Waals surface area contributed by atoms with Gasteiger partial charge in [0.25, 0.3) is 0 Å². The Balaban J connectivity index is 1.97. The Morgan fingerprint density at radius 3 is 2.90 bits per heavy atom. The van der Waals surface area contributed by atoms with Crippen LogP contribution in [0.15, 0.2) is 30.5 Å². The second-order valence-electron chi connectivity index (χ2n) is 4.29. The summed E-state index contributed by atoms with van der Waals surface area (Å²) in [6.45, 7) is 0.337. The summed E-state index contributed by atoms with van der Waals surface area (Å²) in [4.78, 5) is 22.5. The number of ether oxygens (including phenoxy) is 1. The largest absolute Gasteiger partial charge is 0.476 e. The molecule has 0 unspecified atom stereocenters. The summed E-state index contributed by atoms with van der Waals surface area (Å²) in [7, 11) is 1.59. The number of anilines is 1. The van der Waals surface area contributed by atoms with E-state index in [-0.39, 0.29) is 18.1 Å². The molecule has 8 heteroatoms. The smallest absolute Gasteiger partial charge is 0.358 e. The maximum atomic E-state index is 11.9. The number of carbonyl (C=O) groups excluding carboxylic acids is 1. The Bertz CT molecular complexity index is 653. The zero-order valence-corrected chi connectivity index (χ0v) is 11.3. The van der Waals surface area contributed by atoms with E-state index in [1.165, 1.54) is 6.20 Å². The van der Waals surface area contributed by atoms with E-state index in [0.717, 1.165) is 10.2 Å². The average Bonchev–Trinajstić information content (AvgIpc) is 2.88. The molecule has 0 radical (unpaired) electrons. The quantitative estimate of drug-likeness (QED) is 0.813. The summed E-state index contributed by atoms with van der Waals surface area (Å²) >= 11 is 0. The van der Waals surface area contributed by atoms with Crippen molar-refractivity contribution in [3.8, 4) is 0 Å². The van der Waals surface area contributed by atoms with Crippen LogP contribution >= 0.6 is 0 Å². The molecule has 1 aromatic heterocycles. The van der Waals surface area contributed by atoms with Crippen LogP contribution in [0.2, 0.25) is 0 Å². The van der Waals surface area contributed by atoms with Gasteiger partial charge in [0.1, 0.15) is 6.54 Å². The van der Waals surface area contributed by atoms with Gasteiger partial charge in [-0.1, -0.05) is 17.3 Å². The molecule has 1 aromatic carbocycles. The SMILES string of the molecule is COCc1cccc(NC(=O)Cn2cc(C(=O)O)nn2)c1. The minimum atomic E-state index is -1.19. The van der Waals surface area contributed by atoms with Gasteiger partial charge in [-0.05, 0) is 17.7 Å². The van der Waals surface area contributed by atoms with Crippen LogP contribution in [-0.2, 0) is 22.7 Å². The Morgan fingerprint density at radius 1 is 1.43 bits per heavy atom. The molecule has 2 aromatic rings. The van der Waals surface area contributed by atoms with Crippen molar-refractivity contribution >= 4 is 17.6 Å². The lowest BCUT2D eigenvalue weighted by molar-refractivity contribution is -0.116. The van der Waals surface area contributed by atoms with Gasteiger partial charge in [0, 0.05) is 12.8 Å². The Labute approximate surface area is 120 Å². The highest BCUT2D eigenvalue weighted by Gasteiger charge is 2.10. The first kappa shape index (κ1) is 14.7. The fourth-order valence-corrected chi connectivity index (χ4v) is 1.73. The molecule has 110 valence electrons. The van der Waals surface area contributed by atoms with Crippen molar-refractivity contribution in [1.82, 2.24) is 15.0 Å². The topological polar surface area (TPSA) is 106 Å². The van der Waals surface area contributed by atoms with Gasteiger partial charge in [-0.15, -0.1) is 5.10 Å². The summed E-state index contributed by atoms with van der Waals surface area (Å²) < 4.78 is 6.18. The number of carbonyl (C=O) groups is 2. The van der Waals surface area contributed by atoms with Gasteiger partial charge < -0.3 is 15.2 Å². The van der Waals surface area contributed by atoms with Crippen molar-refractivity contribution in [1.29, 1.82) is 0 Å². The van der Waals surface area contributed by atoms with Crippen molar-refractivity contribution in [2.45, 2.75) is 13.2 Å². The number of hydrogen-bond donors (Lipinski definition) is 2. The zero-order chi connectivity index (χ0) is 15.2. The standard InChI is InChI=1S/C13H14N4O4/c1-21-8-9-3-2-4-10(5-9)14-12(18)7-17-6-11(13(19)20)15-16-17/h2-6H,7-8H2,1H3,(H,14,18)(H,19,20). The van der Waals surface area contributed by atoms with Crippen molar-refractivity contribution in [3.05, 3.63) is 41.7 Å². The first-order valence-electron chi connectivity index (χ1n) is 6.09. The van der Waals surface area contributed by atoms with Gasteiger partial charge in [-0.2, -0.15) is 0 Å². The second kappa shape index (κ2) is 6.62. The molecule has 2 rings (SSSR count). The first-order valence-corrected chi connectivity index (χ1v) is 6.09. The van der Waals surface area contributed by atoms with Crippen LogP contribution in [0.4, 0.5) is 5.69 Å². The number of benzene rings is 1. The highest BCUT2D eigenvalue weighted by molar-refractivity contribution is 5.90. The average molecular weight is 290 g/mol. The van der Waals surface area contributed by atoms with Crippen LogP contribution in [0.1, 0.15) is 16.1 Å². The van der Waals surface area contributed by atoms with Crippen molar-refractivity contribution < 1.29 is 19.4 Å². The van der Waals surface area contributed by atoms with Crippen molar-refractivity contribution in [2.24, 2.45) is 0 Å². The van der Waals surface area contributed by atoms with E-state index in [4.69, 9.17) is 9.84 Å². The first-order chi connectivity index (χ1) is 10.1. The molecule has 0 atom stereocenters. The van der Waals surface area contributed by atoms with Gasteiger partial charge in [-0.25, -0.2) is 9.48 Å². The lowest BCUT2D eigenvalue weighted by Crippen LogP contribution is -2.19. The van der Waals surface area contributed by atoms with Crippen molar-refractivity contribution in [2.75, 3.05) is 12.4 Å². The third kappa shape index (κ3) is 4.11. The molecule has 0 aliphatic heterocycles. The molecule has 0 aliphatic rings. The molecule has 21 heavy (non-hydrogen) atoms. The van der Waals surface area contributed by atoms with E-state index in [9.17, 15) is 9.59 Å². The monoisotopic (exact) mass is 290 g/mol. The van der Waals surface area contributed by atoms with Crippen LogP contribution in [-0.4, -0.2) is 39.1 Å². The van der Waals surface area contributed by atoms with Crippen LogP contribution in [0, 0.1) is 0 Å². The zero-order valence-electron chi connectivity index (χ0n) is 11.3. The number of rotatable bonds is 6. The Morgan fingerprint density at radius 2 is 2.24 bits per heavy atom. The van der Waals surface area contributed by atoms with Crippen LogP contribution in [0.25, 0.3) is 0 Å². The minimum absolute atomic E-state index is 0.116. The fourth-order valence-electron chi connectivity index (χ4n) is 1.73. The molecule has 0 bridgehead atoms. The van der Waals surface area contributed by atoms with Crippen LogP contribution in [0.5, 0.6) is 0 Å². The molecule has 1 amide bonds. The third-order valence-electron chi connectivity index (χ3n) is 2.59. The molecule has 0 saturated heterocycles. The number of hydrogen-bond acceptors (Lipinski definition) is 5. The van der Waals surface area contributed by atoms with E-state index in [0.29, 0.717) is 12.3 Å². The normalized spacial score (nSPS) is 10.3. The number of aromatic carboxylic acids is 1. The van der Waals surface area contributed by atoms with E-state index in [1.807, 2.05) is 12.1 Å². The second-order valence-corrected chi connectivity index (χ2v) is 4.29. The van der Waals surface area contributed by atoms with Crippen LogP contribution < -0.4 is 5.32 Å². The van der Waals surface area contributed by atoms with Crippen LogP contribution in [0.3, 0.4) is 0 Å². The summed E-state index contributed by atoms with van der Waals surface area (Å²) in [6.07, 6.45) is 1.20. The molecule has 1 heterocycles. The van der Waals surface area contributed by atoms with Gasteiger partial charge in [0.2, 0.25) is 5.91 Å². The highest BCUT2D eigenvalue weighted by atomic mass is 16.5. The molecule has 0 saturated carbocycles. The predicted molar refractivity (Wildman–Crippen MR) is 72.8 cm³/mol. The molecule has 0 spiro atoms. The van der Waals surface area contributed by atoms with Gasteiger partial charge in [0.15, 0.2) is 5.69 Å². The number of aromatic nitrogens is 3. The molecular weight excluding hydrogens is 276 g/mol. The Hall–Kier alpha value is -2.74. The summed E-state index contributed by atoms with van der Waals surface area (Å²) in [6, 6.07) is 7.24. The molecule has 8 nitrogen and oxygen atoms in total. The molecular formula is C13H14N4O4. The maximum Gasteiger partial charge on any atom is 0.358 e. The van der Waals surface area contributed by atoms with Gasteiger partial charge in [-0.3, -0.25) is 4.79 Å². The van der Waals surface area contributed by atoms with Crippen molar-refractivity contribution in [3.63, 3.8) is 0 Å². The van der Waals surface area contributed by atoms with E-state index >= 15 is 0 Å². The fraction of sp³-hybridized carbons (Fsp3) is 0.231. The summed E-state index contributed by atoms with van der Waals surface area (Å²) in [5.41, 5.74) is 1.36. The maximum absolute atomic E-state index is 11.9. The number of carboxylic acids is 1. The minimum Gasteiger partial charge on any atom is -0.476 e. The van der Waals surface area contributed by atoms with Gasteiger partial charge >= 0.3 is 5.97 Å². The van der Waals surface area contributed by atoms with E-state index < -0.39 is 5.97 Å². The van der Waals surface area contributed by atoms with E-state index in [1.54, 1.807) is 19.2 Å². The molecule has 0 aliphatic carbocycles. The molecule has 0 fully saturated rings. The number of nitrogens with one attached hydrogen (secondary N) is 1. The molecule has 2 N–H and O–H groups in total. The lowest BCUT2D eigenvalue weighted by Gasteiger charge is -2.07. The number of nitrogens with zero attached hydrogens (tertiary/aromatic N) is 3.